The number of aliphatic hydroxyl groups excluding tert-OH is 3. The van der Waals surface area contributed by atoms with Crippen molar-refractivity contribution in [1.29, 1.82) is 0 Å². The zero-order valence-corrected chi connectivity index (χ0v) is 16.0. The van der Waals surface area contributed by atoms with Gasteiger partial charge in [-0.15, -0.1) is 0 Å². The third-order valence-electron chi connectivity index (χ3n) is 5.05. The molecule has 0 bridgehead atoms. The molecule has 1 saturated heterocycles. The molecule has 2 aliphatic heterocycles. The molecule has 0 spiro atoms. The van der Waals surface area contributed by atoms with Crippen LogP contribution in [0, 0.1) is 0 Å². The minimum Gasteiger partial charge on any atom is -0.454 e. The van der Waals surface area contributed by atoms with E-state index in [-0.39, 0.29) is 29.7 Å². The van der Waals surface area contributed by atoms with E-state index in [4.69, 9.17) is 19.9 Å². The number of hydrogen-bond acceptors (Lipinski definition) is 12. The molecule has 6 N–H and O–H groups in total. The number of benzene rings is 1. The monoisotopic (exact) mass is 429 g/mol. The van der Waals surface area contributed by atoms with Gasteiger partial charge in [0.05, 0.1) is 12.8 Å². The Morgan fingerprint density at radius 2 is 2.06 bits per heavy atom. The minimum absolute atomic E-state index is 0.123. The topological polar surface area (TPSA) is 182 Å². The summed E-state index contributed by atoms with van der Waals surface area (Å²) in [5.41, 5.74) is 9.97. The number of hydrogen-bond donors (Lipinski definition) is 5. The van der Waals surface area contributed by atoms with E-state index in [1.54, 1.807) is 18.2 Å². The van der Waals surface area contributed by atoms with Crippen molar-refractivity contribution in [3.63, 3.8) is 0 Å². The van der Waals surface area contributed by atoms with Crippen LogP contribution in [0.4, 0.5) is 11.8 Å². The maximum Gasteiger partial charge on any atom is 0.231 e. The second kappa shape index (κ2) is 7.63. The van der Waals surface area contributed by atoms with Gasteiger partial charge in [-0.2, -0.15) is 5.10 Å². The van der Waals surface area contributed by atoms with Crippen LogP contribution < -0.4 is 20.6 Å². The predicted octanol–water partition coefficient (Wildman–Crippen LogP) is -0.805. The van der Waals surface area contributed by atoms with E-state index in [0.717, 1.165) is 5.56 Å². The highest BCUT2D eigenvalue weighted by Crippen LogP contribution is 2.35. The first-order valence-electron chi connectivity index (χ1n) is 9.36. The van der Waals surface area contributed by atoms with Crippen LogP contribution in [0.2, 0.25) is 0 Å². The number of hydrazone groups is 1. The highest BCUT2D eigenvalue weighted by molar-refractivity contribution is 5.85. The Balaban J connectivity index is 1.48. The summed E-state index contributed by atoms with van der Waals surface area (Å²) in [7, 11) is 0. The highest BCUT2D eigenvalue weighted by Gasteiger charge is 2.45. The van der Waals surface area contributed by atoms with Gasteiger partial charge in [-0.1, -0.05) is 0 Å². The van der Waals surface area contributed by atoms with Crippen LogP contribution in [0.15, 0.2) is 29.6 Å². The SMILES string of the molecule is Nc1ncnc2c1nc(N/N=C/c1ccc3c(c1)OCO3)n2[C@H]1O[C@@H](CO)[C@H](O)[C@@H]1O. The van der Waals surface area contributed by atoms with Gasteiger partial charge in [0.25, 0.3) is 0 Å². The van der Waals surface area contributed by atoms with Gasteiger partial charge < -0.3 is 35.3 Å². The van der Waals surface area contributed by atoms with Gasteiger partial charge in [0.1, 0.15) is 24.6 Å². The van der Waals surface area contributed by atoms with Gasteiger partial charge in [0.2, 0.25) is 12.7 Å². The number of rotatable bonds is 5. The molecule has 162 valence electrons. The van der Waals surface area contributed by atoms with Crippen molar-refractivity contribution >= 4 is 29.1 Å². The van der Waals surface area contributed by atoms with Gasteiger partial charge in [-0.05, 0) is 23.8 Å². The van der Waals surface area contributed by atoms with E-state index >= 15 is 0 Å². The quantitative estimate of drug-likeness (QED) is 0.253. The van der Waals surface area contributed by atoms with Gasteiger partial charge in [0.15, 0.2) is 34.7 Å². The fourth-order valence-electron chi connectivity index (χ4n) is 3.50. The summed E-state index contributed by atoms with van der Waals surface area (Å²) >= 11 is 0. The maximum atomic E-state index is 10.5. The van der Waals surface area contributed by atoms with Crippen molar-refractivity contribution in [3.8, 4) is 11.5 Å². The Bertz CT molecular complexity index is 1150. The molecule has 4 heterocycles. The van der Waals surface area contributed by atoms with Gasteiger partial charge in [-0.25, -0.2) is 20.4 Å². The molecule has 0 radical (unpaired) electrons. The number of nitrogens with one attached hydrogen (secondary N) is 1. The zero-order valence-electron chi connectivity index (χ0n) is 16.0. The van der Waals surface area contributed by atoms with Crippen LogP contribution in [-0.2, 0) is 4.74 Å². The summed E-state index contributed by atoms with van der Waals surface area (Å²) in [4.78, 5) is 12.5. The van der Waals surface area contributed by atoms with Crippen molar-refractivity contribution in [2.75, 3.05) is 24.6 Å². The number of aromatic nitrogens is 4. The Morgan fingerprint density at radius 1 is 1.23 bits per heavy atom. The van der Waals surface area contributed by atoms with Crippen LogP contribution in [-0.4, -0.2) is 72.8 Å². The van der Waals surface area contributed by atoms with Gasteiger partial charge in [-0.3, -0.25) is 4.57 Å². The summed E-state index contributed by atoms with van der Waals surface area (Å²) in [5.74, 6) is 1.54. The molecule has 4 atom stereocenters. The predicted molar refractivity (Wildman–Crippen MR) is 107 cm³/mol. The first kappa shape index (κ1) is 19.4. The van der Waals surface area contributed by atoms with Crippen LogP contribution in [0.1, 0.15) is 11.8 Å². The standard InChI is InChI=1S/C18H19N7O6/c19-15-12-16(21-6-20-15)25(17-14(28)13(27)11(5-26)31-17)18(23-12)24-22-4-8-1-2-9-10(3-8)30-7-29-9/h1-4,6,11,13-14,17,26-28H,5,7H2,(H,23,24)(H2,19,20,21)/b22-4+/t11-,13-,14-,17-/m0/s1. The summed E-state index contributed by atoms with van der Waals surface area (Å²) in [6.07, 6.45) is -1.91. The number of aliphatic hydroxyl groups is 3. The van der Waals surface area contributed by atoms with Crippen molar-refractivity contribution < 1.29 is 29.5 Å². The van der Waals surface area contributed by atoms with E-state index in [1.807, 2.05) is 0 Å². The lowest BCUT2D eigenvalue weighted by atomic mass is 10.1. The number of fused-ring (bicyclic) bond motifs is 2. The molecule has 13 heteroatoms. The van der Waals surface area contributed by atoms with Crippen molar-refractivity contribution in [2.24, 2.45) is 5.10 Å². The molecule has 0 amide bonds. The van der Waals surface area contributed by atoms with Crippen LogP contribution in [0.25, 0.3) is 11.2 Å². The molecule has 0 unspecified atom stereocenters. The highest BCUT2D eigenvalue weighted by atomic mass is 16.7. The molecule has 1 fully saturated rings. The van der Waals surface area contributed by atoms with E-state index in [2.05, 4.69) is 25.5 Å². The van der Waals surface area contributed by atoms with Crippen LogP contribution in [0.5, 0.6) is 11.5 Å². The largest absolute Gasteiger partial charge is 0.454 e. The number of nitrogens with zero attached hydrogens (tertiary/aromatic N) is 5. The minimum atomic E-state index is -1.34. The second-order valence-corrected chi connectivity index (χ2v) is 6.95. The fraction of sp³-hybridized carbons (Fsp3) is 0.333. The second-order valence-electron chi connectivity index (χ2n) is 6.95. The molecule has 3 aromatic rings. The van der Waals surface area contributed by atoms with E-state index in [0.29, 0.717) is 11.5 Å². The van der Waals surface area contributed by atoms with E-state index in [9.17, 15) is 15.3 Å². The summed E-state index contributed by atoms with van der Waals surface area (Å²) in [5, 5.41) is 34.2. The number of anilines is 2. The average molecular weight is 429 g/mol. The molecule has 2 aromatic heterocycles. The Morgan fingerprint density at radius 3 is 2.87 bits per heavy atom. The first-order valence-corrected chi connectivity index (χ1v) is 9.36. The van der Waals surface area contributed by atoms with Gasteiger partial charge in [0, 0.05) is 0 Å². The molecule has 0 aliphatic carbocycles. The number of ether oxygens (including phenoxy) is 3. The van der Waals surface area contributed by atoms with Crippen molar-refractivity contribution in [2.45, 2.75) is 24.5 Å². The van der Waals surface area contributed by atoms with E-state index < -0.39 is 31.1 Å². The molecule has 5 rings (SSSR count). The number of nitrogen functional groups attached to an aromatic ring is 1. The van der Waals surface area contributed by atoms with Crippen molar-refractivity contribution in [3.05, 3.63) is 30.1 Å². The fourth-order valence-corrected chi connectivity index (χ4v) is 3.50. The molecule has 0 saturated carbocycles. The third-order valence-corrected chi connectivity index (χ3v) is 5.05. The molecule has 2 aliphatic rings. The summed E-state index contributed by atoms with van der Waals surface area (Å²) in [6, 6.07) is 5.34. The molecule has 1 aromatic carbocycles. The molecular formula is C18H19N7O6. The van der Waals surface area contributed by atoms with E-state index in [1.165, 1.54) is 17.1 Å². The summed E-state index contributed by atoms with van der Waals surface area (Å²) < 4.78 is 17.7. The molecular weight excluding hydrogens is 410 g/mol. The lowest BCUT2D eigenvalue weighted by molar-refractivity contribution is -0.0501. The number of nitrogens with two attached hydrogens (primary N) is 1. The Kier molecular flexibility index (Phi) is 4.78. The first-order chi connectivity index (χ1) is 15.1. The summed E-state index contributed by atoms with van der Waals surface area (Å²) in [6.45, 7) is -0.297. The smallest absolute Gasteiger partial charge is 0.231 e. The van der Waals surface area contributed by atoms with Crippen LogP contribution in [0.3, 0.4) is 0 Å². The van der Waals surface area contributed by atoms with Crippen molar-refractivity contribution in [1.82, 2.24) is 19.5 Å². The lowest BCUT2D eigenvalue weighted by Crippen LogP contribution is -2.33. The third kappa shape index (κ3) is 3.29. The number of imidazole rings is 1. The zero-order chi connectivity index (χ0) is 21.5. The lowest BCUT2D eigenvalue weighted by Gasteiger charge is -2.18. The Hall–Kier alpha value is -3.52. The average Bonchev–Trinajstić information content (AvgIpc) is 3.45. The van der Waals surface area contributed by atoms with Crippen LogP contribution >= 0.6 is 0 Å². The molecule has 31 heavy (non-hydrogen) atoms. The maximum absolute atomic E-state index is 10.5. The normalized spacial score (nSPS) is 25.0. The van der Waals surface area contributed by atoms with Gasteiger partial charge >= 0.3 is 0 Å². The molecule has 13 nitrogen and oxygen atoms in total. The Labute approximate surface area is 174 Å².